The molecule has 2 rings (SSSR count). The molecule has 0 N–H and O–H groups in total. The van der Waals surface area contributed by atoms with Gasteiger partial charge >= 0.3 is 0 Å². The molecule has 0 amide bonds. The third kappa shape index (κ3) is 2.96. The quantitative estimate of drug-likeness (QED) is 0.869. The lowest BCUT2D eigenvalue weighted by atomic mass is 10.2. The van der Waals surface area contributed by atoms with Gasteiger partial charge in [0.05, 0.1) is 10.6 Å². The molecule has 0 bridgehead atoms. The number of aryl methyl sites for hydroxylation is 2. The van der Waals surface area contributed by atoms with Crippen molar-refractivity contribution in [3.05, 3.63) is 46.9 Å². The summed E-state index contributed by atoms with van der Waals surface area (Å²) in [6.07, 6.45) is 0. The van der Waals surface area contributed by atoms with Crippen LogP contribution in [0.15, 0.2) is 27.6 Å². The minimum atomic E-state index is -3.93. The number of hydrogen-bond acceptors (Lipinski definition) is 4. The zero-order chi connectivity index (χ0) is 15.8. The first-order valence-corrected chi connectivity index (χ1v) is 7.50. The van der Waals surface area contributed by atoms with E-state index in [1.807, 2.05) is 0 Å². The van der Waals surface area contributed by atoms with Gasteiger partial charge in [0.25, 0.3) is 0 Å². The van der Waals surface area contributed by atoms with E-state index in [9.17, 15) is 17.2 Å². The van der Waals surface area contributed by atoms with Gasteiger partial charge in [-0.2, -0.15) is 4.31 Å². The highest BCUT2D eigenvalue weighted by Crippen LogP contribution is 2.21. The van der Waals surface area contributed by atoms with Crippen molar-refractivity contribution in [1.29, 1.82) is 0 Å². The number of aromatic nitrogens is 1. The van der Waals surface area contributed by atoms with Crippen LogP contribution in [-0.2, 0) is 16.6 Å². The van der Waals surface area contributed by atoms with E-state index in [-0.39, 0.29) is 11.4 Å². The summed E-state index contributed by atoms with van der Waals surface area (Å²) in [4.78, 5) is -0.310. The normalized spacial score (nSPS) is 12.1. The Labute approximate surface area is 121 Å². The van der Waals surface area contributed by atoms with Crippen LogP contribution in [0.3, 0.4) is 0 Å². The van der Waals surface area contributed by atoms with Crippen molar-refractivity contribution in [2.45, 2.75) is 25.3 Å². The molecule has 0 atom stereocenters. The Morgan fingerprint density at radius 1 is 1.24 bits per heavy atom. The molecule has 0 saturated carbocycles. The van der Waals surface area contributed by atoms with Crippen LogP contribution in [0.4, 0.5) is 8.78 Å². The molecule has 0 spiro atoms. The van der Waals surface area contributed by atoms with Gasteiger partial charge in [0.15, 0.2) is 11.6 Å². The van der Waals surface area contributed by atoms with Crippen LogP contribution < -0.4 is 0 Å². The molecular formula is C13H14F2N2O3S. The number of halogens is 2. The summed E-state index contributed by atoms with van der Waals surface area (Å²) in [5.41, 5.74) is 1.23. The fourth-order valence-corrected chi connectivity index (χ4v) is 3.00. The van der Waals surface area contributed by atoms with Crippen molar-refractivity contribution in [1.82, 2.24) is 9.46 Å². The lowest BCUT2D eigenvalue weighted by Crippen LogP contribution is -2.27. The summed E-state index contributed by atoms with van der Waals surface area (Å²) in [6, 6.07) is 2.47. The standard InChI is InChI=1S/C13H14F2N2O3S/c1-8-11(9(2)20-16-8)7-17(3)21(18,19)10-4-5-12(14)13(15)6-10/h4-6H,7H2,1-3H3. The van der Waals surface area contributed by atoms with Crippen LogP contribution in [0.2, 0.25) is 0 Å². The van der Waals surface area contributed by atoms with Crippen LogP contribution in [-0.4, -0.2) is 24.9 Å². The molecule has 0 aliphatic heterocycles. The van der Waals surface area contributed by atoms with Crippen LogP contribution in [0.5, 0.6) is 0 Å². The zero-order valence-electron chi connectivity index (χ0n) is 11.7. The molecule has 8 heteroatoms. The molecule has 0 fully saturated rings. The fraction of sp³-hybridized carbons (Fsp3) is 0.308. The predicted octanol–water partition coefficient (Wildman–Crippen LogP) is 2.39. The minimum Gasteiger partial charge on any atom is -0.361 e. The molecule has 0 unspecified atom stereocenters. The lowest BCUT2D eigenvalue weighted by molar-refractivity contribution is 0.390. The van der Waals surface area contributed by atoms with E-state index in [4.69, 9.17) is 4.52 Å². The first kappa shape index (κ1) is 15.6. The summed E-state index contributed by atoms with van der Waals surface area (Å²) in [5, 5.41) is 3.74. The molecule has 1 aromatic carbocycles. The van der Waals surface area contributed by atoms with Gasteiger partial charge in [-0.3, -0.25) is 0 Å². The van der Waals surface area contributed by atoms with E-state index in [0.29, 0.717) is 23.1 Å². The lowest BCUT2D eigenvalue weighted by Gasteiger charge is -2.17. The van der Waals surface area contributed by atoms with E-state index in [1.165, 1.54) is 7.05 Å². The van der Waals surface area contributed by atoms with Gasteiger partial charge < -0.3 is 4.52 Å². The van der Waals surface area contributed by atoms with Gasteiger partial charge in [-0.15, -0.1) is 0 Å². The Kier molecular flexibility index (Phi) is 4.11. The van der Waals surface area contributed by atoms with E-state index >= 15 is 0 Å². The van der Waals surface area contributed by atoms with E-state index in [0.717, 1.165) is 16.4 Å². The molecule has 114 valence electrons. The summed E-state index contributed by atoms with van der Waals surface area (Å²) in [7, 11) is -2.58. The second-order valence-electron chi connectivity index (χ2n) is 4.64. The van der Waals surface area contributed by atoms with E-state index < -0.39 is 21.7 Å². The van der Waals surface area contributed by atoms with Gasteiger partial charge in [-0.25, -0.2) is 17.2 Å². The van der Waals surface area contributed by atoms with Gasteiger partial charge in [-0.1, -0.05) is 5.16 Å². The third-order valence-electron chi connectivity index (χ3n) is 3.16. The number of hydrogen-bond donors (Lipinski definition) is 0. The molecule has 2 aromatic rings. The number of nitrogens with zero attached hydrogens (tertiary/aromatic N) is 2. The summed E-state index contributed by atoms with van der Waals surface area (Å²) < 4.78 is 56.8. The summed E-state index contributed by atoms with van der Waals surface area (Å²) >= 11 is 0. The minimum absolute atomic E-state index is 0.0303. The third-order valence-corrected chi connectivity index (χ3v) is 4.96. The van der Waals surface area contributed by atoms with Crippen molar-refractivity contribution >= 4 is 10.0 Å². The second kappa shape index (κ2) is 5.53. The summed E-state index contributed by atoms with van der Waals surface area (Å²) in [6.45, 7) is 3.40. The molecule has 0 aliphatic carbocycles. The molecule has 1 heterocycles. The first-order valence-electron chi connectivity index (χ1n) is 6.06. The molecule has 5 nitrogen and oxygen atoms in total. The Morgan fingerprint density at radius 2 is 1.90 bits per heavy atom. The zero-order valence-corrected chi connectivity index (χ0v) is 12.5. The highest BCUT2D eigenvalue weighted by Gasteiger charge is 2.24. The van der Waals surface area contributed by atoms with Crippen molar-refractivity contribution < 1.29 is 21.7 Å². The summed E-state index contributed by atoms with van der Waals surface area (Å²) in [5.74, 6) is -1.79. The number of benzene rings is 1. The van der Waals surface area contributed by atoms with E-state index in [1.54, 1.807) is 13.8 Å². The van der Waals surface area contributed by atoms with Crippen LogP contribution in [0.25, 0.3) is 0 Å². The number of rotatable bonds is 4. The van der Waals surface area contributed by atoms with Gasteiger partial charge in [0.1, 0.15) is 5.76 Å². The molecule has 1 aromatic heterocycles. The van der Waals surface area contributed by atoms with Crippen LogP contribution >= 0.6 is 0 Å². The SMILES string of the molecule is Cc1noc(C)c1CN(C)S(=O)(=O)c1ccc(F)c(F)c1. The van der Waals surface area contributed by atoms with Gasteiger partial charge in [0, 0.05) is 19.2 Å². The van der Waals surface area contributed by atoms with Crippen molar-refractivity contribution in [3.8, 4) is 0 Å². The monoisotopic (exact) mass is 316 g/mol. The predicted molar refractivity (Wildman–Crippen MR) is 71.0 cm³/mol. The first-order chi connectivity index (χ1) is 9.73. The highest BCUT2D eigenvalue weighted by atomic mass is 32.2. The molecular weight excluding hydrogens is 302 g/mol. The highest BCUT2D eigenvalue weighted by molar-refractivity contribution is 7.89. The average molecular weight is 316 g/mol. The van der Waals surface area contributed by atoms with Gasteiger partial charge in [0.2, 0.25) is 10.0 Å². The molecule has 0 saturated heterocycles. The molecule has 21 heavy (non-hydrogen) atoms. The Bertz CT molecular complexity index is 752. The topological polar surface area (TPSA) is 63.4 Å². The largest absolute Gasteiger partial charge is 0.361 e. The fourth-order valence-electron chi connectivity index (χ4n) is 1.85. The van der Waals surface area contributed by atoms with Gasteiger partial charge in [-0.05, 0) is 32.0 Å². The molecule has 0 aliphatic rings. The maximum atomic E-state index is 13.2. The van der Waals surface area contributed by atoms with Crippen molar-refractivity contribution in [2.75, 3.05) is 7.05 Å². The number of sulfonamides is 1. The van der Waals surface area contributed by atoms with Crippen LogP contribution in [0, 0.1) is 25.5 Å². The Balaban J connectivity index is 2.32. The van der Waals surface area contributed by atoms with Crippen molar-refractivity contribution in [2.24, 2.45) is 0 Å². The Hall–Kier alpha value is -1.80. The maximum Gasteiger partial charge on any atom is 0.243 e. The van der Waals surface area contributed by atoms with E-state index in [2.05, 4.69) is 5.16 Å². The maximum absolute atomic E-state index is 13.2. The van der Waals surface area contributed by atoms with Crippen LogP contribution in [0.1, 0.15) is 17.0 Å². The second-order valence-corrected chi connectivity index (χ2v) is 6.68. The average Bonchev–Trinajstić information content (AvgIpc) is 2.73. The smallest absolute Gasteiger partial charge is 0.243 e. The Morgan fingerprint density at radius 3 is 2.43 bits per heavy atom. The van der Waals surface area contributed by atoms with Crippen molar-refractivity contribution in [3.63, 3.8) is 0 Å². The molecule has 0 radical (unpaired) electrons.